The van der Waals surface area contributed by atoms with Crippen molar-refractivity contribution in [3.63, 3.8) is 0 Å². The van der Waals surface area contributed by atoms with Crippen molar-refractivity contribution in [1.82, 2.24) is 0 Å². The molecule has 1 fully saturated rings. The molecule has 0 radical (unpaired) electrons. The first-order valence-electron chi connectivity index (χ1n) is 13.0. The van der Waals surface area contributed by atoms with E-state index < -0.39 is 0 Å². The standard InChI is InChI=1S/C32H35FN2/c1-3-32-20-25(17-23-8-5-4-6-9-23)22(2)16-27(32)11-7-10-24-19-31(26(21-34)18-30(24)32)35-29-14-12-28(33)13-15-29/h4-6,8-9,12-15,17-19,21-22,27,34-35H,3,7,10-11,16,20H2,1-2H3/b25-17+,34-21?. The van der Waals surface area contributed by atoms with E-state index in [1.807, 2.05) is 0 Å². The monoisotopic (exact) mass is 466 g/mol. The summed E-state index contributed by atoms with van der Waals surface area (Å²) in [5, 5.41) is 11.6. The molecule has 0 saturated heterocycles. The van der Waals surface area contributed by atoms with Crippen LogP contribution in [0.4, 0.5) is 15.8 Å². The van der Waals surface area contributed by atoms with E-state index in [-0.39, 0.29) is 11.2 Å². The highest BCUT2D eigenvalue weighted by molar-refractivity contribution is 5.88. The van der Waals surface area contributed by atoms with Crippen molar-refractivity contribution in [2.75, 3.05) is 5.32 Å². The van der Waals surface area contributed by atoms with Crippen molar-refractivity contribution in [3.8, 4) is 0 Å². The van der Waals surface area contributed by atoms with Gasteiger partial charge >= 0.3 is 0 Å². The van der Waals surface area contributed by atoms with Gasteiger partial charge in [0.1, 0.15) is 5.82 Å². The highest BCUT2D eigenvalue weighted by Gasteiger charge is 2.46. The van der Waals surface area contributed by atoms with E-state index in [1.165, 1.54) is 54.3 Å². The zero-order chi connectivity index (χ0) is 24.4. The molecule has 3 atom stereocenters. The predicted octanol–water partition coefficient (Wildman–Crippen LogP) is 8.68. The molecule has 2 aliphatic rings. The summed E-state index contributed by atoms with van der Waals surface area (Å²) < 4.78 is 13.4. The molecule has 0 aliphatic heterocycles. The highest BCUT2D eigenvalue weighted by atomic mass is 19.1. The number of hydrogen-bond acceptors (Lipinski definition) is 2. The van der Waals surface area contributed by atoms with Gasteiger partial charge in [-0.25, -0.2) is 4.39 Å². The maximum atomic E-state index is 13.4. The molecule has 0 bridgehead atoms. The second-order valence-electron chi connectivity index (χ2n) is 10.4. The second-order valence-corrected chi connectivity index (χ2v) is 10.4. The second kappa shape index (κ2) is 9.81. The van der Waals surface area contributed by atoms with Gasteiger partial charge in [0.25, 0.3) is 0 Å². The molecular weight excluding hydrogens is 431 g/mol. The molecule has 3 aromatic carbocycles. The summed E-state index contributed by atoms with van der Waals surface area (Å²) in [7, 11) is 0. The molecule has 0 amide bonds. The van der Waals surface area contributed by atoms with Crippen molar-refractivity contribution >= 4 is 23.7 Å². The summed E-state index contributed by atoms with van der Waals surface area (Å²) in [6.45, 7) is 4.76. The van der Waals surface area contributed by atoms with Crippen LogP contribution < -0.4 is 5.32 Å². The molecule has 3 unspecified atom stereocenters. The third kappa shape index (κ3) is 4.57. The number of benzene rings is 3. The number of halogens is 1. The molecule has 2 nitrogen and oxygen atoms in total. The lowest BCUT2D eigenvalue weighted by atomic mass is 9.56. The molecule has 35 heavy (non-hydrogen) atoms. The van der Waals surface area contributed by atoms with Crippen molar-refractivity contribution in [3.05, 3.63) is 100 Å². The summed E-state index contributed by atoms with van der Waals surface area (Å²) in [5.74, 6) is 1.00. The van der Waals surface area contributed by atoms with Gasteiger partial charge in [-0.2, -0.15) is 0 Å². The fraction of sp³-hybridized carbons (Fsp3) is 0.344. The van der Waals surface area contributed by atoms with Gasteiger partial charge in [0, 0.05) is 28.6 Å². The summed E-state index contributed by atoms with van der Waals surface area (Å²) in [6, 6.07) is 21.7. The maximum Gasteiger partial charge on any atom is 0.123 e. The predicted molar refractivity (Wildman–Crippen MR) is 145 cm³/mol. The Kier molecular flexibility index (Phi) is 6.60. The van der Waals surface area contributed by atoms with Crippen LogP contribution >= 0.6 is 0 Å². The largest absolute Gasteiger partial charge is 0.355 e. The van der Waals surface area contributed by atoms with Gasteiger partial charge in [0.05, 0.1) is 0 Å². The maximum absolute atomic E-state index is 13.4. The Morgan fingerprint density at radius 2 is 1.86 bits per heavy atom. The van der Waals surface area contributed by atoms with Crippen LogP contribution in [-0.2, 0) is 11.8 Å². The van der Waals surface area contributed by atoms with Gasteiger partial charge in [-0.15, -0.1) is 0 Å². The summed E-state index contributed by atoms with van der Waals surface area (Å²) in [4.78, 5) is 0. The average molecular weight is 467 g/mol. The topological polar surface area (TPSA) is 35.9 Å². The Labute approximate surface area is 208 Å². The molecule has 1 saturated carbocycles. The fourth-order valence-corrected chi connectivity index (χ4v) is 6.54. The van der Waals surface area contributed by atoms with Crippen LogP contribution in [0.5, 0.6) is 0 Å². The van der Waals surface area contributed by atoms with Gasteiger partial charge in [0.2, 0.25) is 0 Å². The lowest BCUT2D eigenvalue weighted by Crippen LogP contribution is -2.40. The van der Waals surface area contributed by atoms with E-state index in [1.54, 1.807) is 17.7 Å². The zero-order valence-corrected chi connectivity index (χ0v) is 20.8. The fourth-order valence-electron chi connectivity index (χ4n) is 6.54. The Hall–Kier alpha value is -3.20. The van der Waals surface area contributed by atoms with Gasteiger partial charge in [0.15, 0.2) is 0 Å². The van der Waals surface area contributed by atoms with E-state index in [9.17, 15) is 4.39 Å². The van der Waals surface area contributed by atoms with Crippen molar-refractivity contribution < 1.29 is 4.39 Å². The number of fused-ring (bicyclic) bond motifs is 3. The molecule has 180 valence electrons. The van der Waals surface area contributed by atoms with Crippen LogP contribution in [0.1, 0.15) is 68.2 Å². The third-order valence-corrected chi connectivity index (χ3v) is 8.44. The van der Waals surface area contributed by atoms with Crippen LogP contribution in [-0.4, -0.2) is 6.21 Å². The van der Waals surface area contributed by atoms with Crippen LogP contribution in [0.3, 0.4) is 0 Å². The Morgan fingerprint density at radius 3 is 2.57 bits per heavy atom. The number of hydrogen-bond donors (Lipinski definition) is 2. The molecule has 2 aliphatic carbocycles. The zero-order valence-electron chi connectivity index (χ0n) is 20.8. The molecule has 0 aromatic heterocycles. The molecule has 0 spiro atoms. The van der Waals surface area contributed by atoms with E-state index in [2.05, 4.69) is 67.7 Å². The van der Waals surface area contributed by atoms with Crippen LogP contribution in [0.2, 0.25) is 0 Å². The quantitative estimate of drug-likeness (QED) is 0.363. The third-order valence-electron chi connectivity index (χ3n) is 8.44. The smallest absolute Gasteiger partial charge is 0.123 e. The van der Waals surface area contributed by atoms with Crippen LogP contribution in [0.15, 0.2) is 72.3 Å². The molecular formula is C32H35FN2. The normalized spacial score (nSPS) is 24.8. The van der Waals surface area contributed by atoms with Crippen molar-refractivity contribution in [2.24, 2.45) is 11.8 Å². The first-order valence-corrected chi connectivity index (χ1v) is 13.0. The van der Waals surface area contributed by atoms with Crippen LogP contribution in [0.25, 0.3) is 6.08 Å². The van der Waals surface area contributed by atoms with Gasteiger partial charge in [-0.05, 0) is 103 Å². The lowest BCUT2D eigenvalue weighted by Gasteiger charge is -2.48. The molecule has 3 aromatic rings. The van der Waals surface area contributed by atoms with Crippen molar-refractivity contribution in [2.45, 2.75) is 57.8 Å². The molecule has 5 rings (SSSR count). The minimum Gasteiger partial charge on any atom is -0.355 e. The number of aryl methyl sites for hydroxylation is 1. The Morgan fingerprint density at radius 1 is 1.09 bits per heavy atom. The van der Waals surface area contributed by atoms with Gasteiger partial charge in [-0.3, -0.25) is 0 Å². The van der Waals surface area contributed by atoms with E-state index in [0.717, 1.165) is 36.2 Å². The average Bonchev–Trinajstić information content (AvgIpc) is 3.02. The first kappa shape index (κ1) is 23.5. The number of allylic oxidation sites excluding steroid dienone is 1. The number of nitrogens with one attached hydrogen (secondary N) is 2. The summed E-state index contributed by atoms with van der Waals surface area (Å²) >= 11 is 0. The van der Waals surface area contributed by atoms with Crippen LogP contribution in [0, 0.1) is 23.1 Å². The lowest BCUT2D eigenvalue weighted by molar-refractivity contribution is 0.174. The Balaban J connectivity index is 1.58. The molecule has 3 heteroatoms. The summed E-state index contributed by atoms with van der Waals surface area (Å²) in [6.07, 6.45) is 10.8. The summed E-state index contributed by atoms with van der Waals surface area (Å²) in [5.41, 5.74) is 8.44. The Bertz CT molecular complexity index is 1230. The molecule has 2 N–H and O–H groups in total. The minimum atomic E-state index is -0.244. The van der Waals surface area contributed by atoms with Crippen molar-refractivity contribution in [1.29, 1.82) is 5.41 Å². The van der Waals surface area contributed by atoms with Gasteiger partial charge < -0.3 is 10.7 Å². The minimum absolute atomic E-state index is 0.102. The van der Waals surface area contributed by atoms with E-state index >= 15 is 0 Å². The van der Waals surface area contributed by atoms with E-state index in [0.29, 0.717) is 11.8 Å². The van der Waals surface area contributed by atoms with Gasteiger partial charge in [-0.1, -0.05) is 55.8 Å². The number of anilines is 2. The van der Waals surface area contributed by atoms with E-state index in [4.69, 9.17) is 5.41 Å². The number of rotatable bonds is 5. The molecule has 0 heterocycles. The highest BCUT2D eigenvalue weighted by Crippen LogP contribution is 2.55. The first-order chi connectivity index (χ1) is 17.0. The SMILES string of the molecule is CCC12C/C(=C\c3ccccc3)C(C)CC1CCCc1cc(Nc3ccc(F)cc3)c(C=N)cc12.